The highest BCUT2D eigenvalue weighted by molar-refractivity contribution is 6.36. The number of benzene rings is 1. The fourth-order valence-electron chi connectivity index (χ4n) is 6.47. The fraction of sp³-hybridized carbons (Fsp3) is 0.469. The van der Waals surface area contributed by atoms with E-state index in [4.69, 9.17) is 26.3 Å². The number of hydrogen-bond donors (Lipinski definition) is 0. The van der Waals surface area contributed by atoms with E-state index in [1.54, 1.807) is 4.90 Å². The van der Waals surface area contributed by atoms with Crippen molar-refractivity contribution in [2.45, 2.75) is 31.5 Å². The molecule has 12 heteroatoms. The number of rotatable bonds is 9. The summed E-state index contributed by atoms with van der Waals surface area (Å²) in [6, 6.07) is 8.74. The van der Waals surface area contributed by atoms with Gasteiger partial charge in [-0.1, -0.05) is 30.3 Å². The Kier molecular flexibility index (Phi) is 8.84. The molecule has 3 aromatic rings. The Morgan fingerprint density at radius 2 is 2.05 bits per heavy atom. The maximum atomic E-state index is 12.5. The molecule has 0 unspecified atom stereocenters. The molecule has 0 radical (unpaired) electrons. The van der Waals surface area contributed by atoms with Gasteiger partial charge in [-0.2, -0.15) is 15.2 Å². The molecule has 0 bridgehead atoms. The number of nitrogens with zero attached hydrogens (tertiary/aromatic N) is 9. The lowest BCUT2D eigenvalue weighted by Gasteiger charge is -2.42. The van der Waals surface area contributed by atoms with Crippen LogP contribution >= 0.6 is 11.6 Å². The lowest BCUT2D eigenvalue weighted by molar-refractivity contribution is -0.128. The van der Waals surface area contributed by atoms with Crippen LogP contribution in [0.15, 0.2) is 43.2 Å². The number of hydrogen-bond acceptors (Lipinski definition) is 10. The molecular weight excluding hydrogens is 578 g/mol. The second-order valence-electron chi connectivity index (χ2n) is 11.8. The number of fused-ring (bicyclic) bond motifs is 2. The topological polar surface area (TPSA) is 105 Å². The third-order valence-electron chi connectivity index (χ3n) is 8.99. The van der Waals surface area contributed by atoms with Crippen molar-refractivity contribution < 1.29 is 9.53 Å². The van der Waals surface area contributed by atoms with Crippen LogP contribution in [0, 0.1) is 11.3 Å². The van der Waals surface area contributed by atoms with E-state index in [1.165, 1.54) is 6.08 Å². The van der Waals surface area contributed by atoms with Crippen LogP contribution in [0.2, 0.25) is 5.02 Å². The monoisotopic (exact) mass is 615 g/mol. The highest BCUT2D eigenvalue weighted by Gasteiger charge is 2.34. The van der Waals surface area contributed by atoms with Gasteiger partial charge in [-0.25, -0.2) is 0 Å². The molecule has 11 nitrogen and oxygen atoms in total. The first-order valence-electron chi connectivity index (χ1n) is 15.1. The molecule has 44 heavy (non-hydrogen) atoms. The summed E-state index contributed by atoms with van der Waals surface area (Å²) in [6.45, 7) is 9.88. The number of amides is 1. The zero-order valence-corrected chi connectivity index (χ0v) is 26.1. The van der Waals surface area contributed by atoms with Gasteiger partial charge in [0, 0.05) is 74.4 Å². The van der Waals surface area contributed by atoms with Gasteiger partial charge >= 0.3 is 6.01 Å². The normalized spacial score (nSPS) is 19.1. The minimum absolute atomic E-state index is 0.154. The van der Waals surface area contributed by atoms with Gasteiger partial charge < -0.3 is 24.3 Å². The van der Waals surface area contributed by atoms with E-state index in [0.29, 0.717) is 49.9 Å². The Hall–Kier alpha value is -3.98. The largest absolute Gasteiger partial charge is 0.462 e. The molecule has 3 aliphatic heterocycles. The summed E-state index contributed by atoms with van der Waals surface area (Å²) in [5.41, 5.74) is 2.94. The molecule has 1 amide bonds. The SMILES string of the molecule is C=CC(=O)N1CCN(c2nc(OCCN(C)C3CN(C)C3)nc3c2CCN(c2cncc4cccc(Cl)c24)C3)C[C@@H]1CC#N. The van der Waals surface area contributed by atoms with Gasteiger partial charge in [0.25, 0.3) is 0 Å². The van der Waals surface area contributed by atoms with Gasteiger partial charge in [-0.05, 0) is 32.7 Å². The molecule has 2 aromatic heterocycles. The van der Waals surface area contributed by atoms with Crippen molar-refractivity contribution in [2.75, 3.05) is 76.3 Å². The summed E-state index contributed by atoms with van der Waals surface area (Å²) >= 11 is 6.67. The number of piperazine rings is 1. The zero-order valence-electron chi connectivity index (χ0n) is 25.3. The minimum Gasteiger partial charge on any atom is -0.462 e. The van der Waals surface area contributed by atoms with Crippen LogP contribution in [0.5, 0.6) is 6.01 Å². The fourth-order valence-corrected chi connectivity index (χ4v) is 6.75. The summed E-state index contributed by atoms with van der Waals surface area (Å²) in [7, 11) is 4.25. The first-order valence-corrected chi connectivity index (χ1v) is 15.5. The van der Waals surface area contributed by atoms with Crippen molar-refractivity contribution in [1.82, 2.24) is 29.7 Å². The Labute approximate surface area is 263 Å². The number of halogens is 1. The molecule has 0 spiro atoms. The Morgan fingerprint density at radius 3 is 2.82 bits per heavy atom. The van der Waals surface area contributed by atoms with E-state index < -0.39 is 0 Å². The Morgan fingerprint density at radius 1 is 1.20 bits per heavy atom. The number of likely N-dealkylation sites (N-methyl/N-ethyl adjacent to an activating group) is 2. The average molecular weight is 616 g/mol. The van der Waals surface area contributed by atoms with E-state index in [0.717, 1.165) is 66.1 Å². The van der Waals surface area contributed by atoms with Crippen LogP contribution in [0.1, 0.15) is 17.7 Å². The van der Waals surface area contributed by atoms with Crippen LogP contribution in [0.3, 0.4) is 0 Å². The molecule has 1 aromatic carbocycles. The number of ether oxygens (including phenoxy) is 1. The number of carbonyl (C=O) groups excluding carboxylic acids is 1. The zero-order chi connectivity index (χ0) is 30.8. The van der Waals surface area contributed by atoms with E-state index >= 15 is 0 Å². The standard InChI is InChI=1S/C32H38ClN9O2/c1-4-29(43)42-13-12-41(20-23(42)8-10-34)31-25-9-11-40(28-17-35-16-22-6-5-7-26(33)30(22)28)21-27(25)36-32(37-31)44-15-14-39(3)24-18-38(2)19-24/h4-7,16-17,23-24H,1,8-9,11-15,18-21H2,2-3H3/t23-/m0/s1. The van der Waals surface area contributed by atoms with Gasteiger partial charge in [0.2, 0.25) is 5.91 Å². The van der Waals surface area contributed by atoms with Crippen LogP contribution in [0.25, 0.3) is 10.8 Å². The Bertz CT molecular complexity index is 1580. The third kappa shape index (κ3) is 6.02. The molecule has 2 fully saturated rings. The maximum Gasteiger partial charge on any atom is 0.318 e. The van der Waals surface area contributed by atoms with Crippen molar-refractivity contribution in [1.29, 1.82) is 5.26 Å². The number of nitriles is 1. The average Bonchev–Trinajstić information content (AvgIpc) is 3.02. The second-order valence-corrected chi connectivity index (χ2v) is 12.2. The van der Waals surface area contributed by atoms with E-state index in [9.17, 15) is 10.1 Å². The van der Waals surface area contributed by atoms with Crippen LogP contribution in [-0.2, 0) is 17.8 Å². The summed E-state index contributed by atoms with van der Waals surface area (Å²) < 4.78 is 6.21. The lowest BCUT2D eigenvalue weighted by atomic mass is 10.0. The number of anilines is 2. The maximum absolute atomic E-state index is 12.5. The molecule has 1 atom stereocenters. The lowest BCUT2D eigenvalue weighted by Crippen LogP contribution is -2.57. The molecule has 0 N–H and O–H groups in total. The predicted molar refractivity (Wildman–Crippen MR) is 171 cm³/mol. The van der Waals surface area contributed by atoms with E-state index in [1.807, 2.05) is 30.6 Å². The van der Waals surface area contributed by atoms with Crippen molar-refractivity contribution in [2.24, 2.45) is 0 Å². The quantitative estimate of drug-likeness (QED) is 0.334. The summed E-state index contributed by atoms with van der Waals surface area (Å²) in [6.07, 6.45) is 5.98. The molecule has 230 valence electrons. The smallest absolute Gasteiger partial charge is 0.318 e. The summed E-state index contributed by atoms with van der Waals surface area (Å²) in [5, 5.41) is 12.2. The van der Waals surface area contributed by atoms with Gasteiger partial charge in [0.1, 0.15) is 12.4 Å². The first kappa shape index (κ1) is 30.1. The van der Waals surface area contributed by atoms with Crippen LogP contribution in [-0.4, -0.2) is 114 Å². The molecule has 6 rings (SSSR count). The van der Waals surface area contributed by atoms with Crippen LogP contribution in [0.4, 0.5) is 11.5 Å². The van der Waals surface area contributed by atoms with Crippen molar-refractivity contribution in [3.05, 3.63) is 59.5 Å². The first-order chi connectivity index (χ1) is 21.4. The number of aromatic nitrogens is 3. The van der Waals surface area contributed by atoms with Gasteiger partial charge in [0.15, 0.2) is 0 Å². The molecule has 3 aliphatic rings. The Balaban J connectivity index is 1.29. The molecule has 0 saturated carbocycles. The van der Waals surface area contributed by atoms with E-state index in [2.05, 4.69) is 51.3 Å². The van der Waals surface area contributed by atoms with Crippen molar-refractivity contribution in [3.8, 4) is 12.1 Å². The summed E-state index contributed by atoms with van der Waals surface area (Å²) in [5.74, 6) is 0.666. The highest BCUT2D eigenvalue weighted by atomic mass is 35.5. The number of carbonyl (C=O) groups is 1. The highest BCUT2D eigenvalue weighted by Crippen LogP contribution is 2.36. The number of likely N-dealkylation sites (tertiary alicyclic amines) is 1. The van der Waals surface area contributed by atoms with Gasteiger partial charge in [-0.15, -0.1) is 0 Å². The molecular formula is C32H38ClN9O2. The predicted octanol–water partition coefficient (Wildman–Crippen LogP) is 2.98. The molecule has 0 aliphatic carbocycles. The van der Waals surface area contributed by atoms with Gasteiger partial charge in [-0.3, -0.25) is 14.7 Å². The van der Waals surface area contributed by atoms with Crippen LogP contribution < -0.4 is 14.5 Å². The second kappa shape index (κ2) is 12.9. The molecule has 2 saturated heterocycles. The molecule has 5 heterocycles. The minimum atomic E-state index is -0.257. The van der Waals surface area contributed by atoms with Gasteiger partial charge in [0.05, 0.1) is 47.7 Å². The number of pyridine rings is 1. The third-order valence-corrected chi connectivity index (χ3v) is 9.30. The summed E-state index contributed by atoms with van der Waals surface area (Å²) in [4.78, 5) is 37.7. The van der Waals surface area contributed by atoms with Crippen molar-refractivity contribution >= 4 is 39.8 Å². The van der Waals surface area contributed by atoms with Crippen molar-refractivity contribution in [3.63, 3.8) is 0 Å². The van der Waals surface area contributed by atoms with E-state index in [-0.39, 0.29) is 18.4 Å².